The number of H-pyrrole nitrogens is 1. The lowest BCUT2D eigenvalue weighted by molar-refractivity contribution is 0.0536. The van der Waals surface area contributed by atoms with Crippen LogP contribution >= 0.6 is 0 Å². The Morgan fingerprint density at radius 3 is 2.93 bits per heavy atom. The Balaban J connectivity index is 2.04. The van der Waals surface area contributed by atoms with E-state index in [1.54, 1.807) is 6.33 Å². The third-order valence-electron chi connectivity index (χ3n) is 2.78. The van der Waals surface area contributed by atoms with Crippen molar-refractivity contribution in [1.82, 2.24) is 20.5 Å². The second kappa shape index (κ2) is 4.52. The van der Waals surface area contributed by atoms with Gasteiger partial charge in [-0.2, -0.15) is 5.10 Å². The monoisotopic (exact) mass is 196 g/mol. The Bertz CT molecular complexity index is 256. The Morgan fingerprint density at radius 2 is 2.36 bits per heavy atom. The van der Waals surface area contributed by atoms with Gasteiger partial charge < -0.3 is 10.1 Å². The molecule has 5 heteroatoms. The minimum absolute atomic E-state index is 0.279. The third kappa shape index (κ3) is 1.93. The summed E-state index contributed by atoms with van der Waals surface area (Å²) >= 11 is 0. The van der Waals surface area contributed by atoms with E-state index in [4.69, 9.17) is 4.74 Å². The summed E-state index contributed by atoms with van der Waals surface area (Å²) in [7, 11) is 1.96. The van der Waals surface area contributed by atoms with Crippen molar-refractivity contribution in [2.24, 2.45) is 5.92 Å². The molecule has 1 aromatic heterocycles. The average molecular weight is 196 g/mol. The lowest BCUT2D eigenvalue weighted by atomic mass is 9.91. The van der Waals surface area contributed by atoms with Crippen molar-refractivity contribution in [1.29, 1.82) is 0 Å². The van der Waals surface area contributed by atoms with Crippen molar-refractivity contribution < 1.29 is 4.74 Å². The summed E-state index contributed by atoms with van der Waals surface area (Å²) in [5.74, 6) is 1.53. The summed E-state index contributed by atoms with van der Waals surface area (Å²) in [5.41, 5.74) is 0. The summed E-state index contributed by atoms with van der Waals surface area (Å²) in [6.07, 6.45) is 3.73. The highest BCUT2D eigenvalue weighted by atomic mass is 16.5. The van der Waals surface area contributed by atoms with Crippen molar-refractivity contribution in [2.45, 2.75) is 18.9 Å². The van der Waals surface area contributed by atoms with E-state index < -0.39 is 0 Å². The molecule has 14 heavy (non-hydrogen) atoms. The fourth-order valence-corrected chi connectivity index (χ4v) is 2.01. The standard InChI is InChI=1S/C9H16N4O/c1-10-8(9-11-6-12-13-9)7-2-4-14-5-3-7/h6-8,10H,2-5H2,1H3,(H,11,12,13). The minimum atomic E-state index is 0.279. The van der Waals surface area contributed by atoms with Gasteiger partial charge in [0.15, 0.2) is 0 Å². The van der Waals surface area contributed by atoms with Gasteiger partial charge in [-0.15, -0.1) is 0 Å². The largest absolute Gasteiger partial charge is 0.381 e. The molecule has 1 unspecified atom stereocenters. The van der Waals surface area contributed by atoms with Crippen LogP contribution in [0.3, 0.4) is 0 Å². The number of hydrogen-bond acceptors (Lipinski definition) is 4. The highest BCUT2D eigenvalue weighted by Crippen LogP contribution is 2.27. The van der Waals surface area contributed by atoms with Crippen LogP contribution in [0.5, 0.6) is 0 Å². The molecular formula is C9H16N4O. The SMILES string of the molecule is CNC(c1ncn[nH]1)C1CCOCC1. The third-order valence-corrected chi connectivity index (χ3v) is 2.78. The van der Waals surface area contributed by atoms with E-state index in [1.165, 1.54) is 0 Å². The Labute approximate surface area is 83.3 Å². The van der Waals surface area contributed by atoms with Crippen molar-refractivity contribution >= 4 is 0 Å². The van der Waals surface area contributed by atoms with E-state index in [-0.39, 0.29) is 6.04 Å². The van der Waals surface area contributed by atoms with Crippen LogP contribution < -0.4 is 5.32 Å². The van der Waals surface area contributed by atoms with Crippen LogP contribution in [-0.2, 0) is 4.74 Å². The molecule has 0 aromatic carbocycles. The molecule has 5 nitrogen and oxygen atoms in total. The van der Waals surface area contributed by atoms with Crippen LogP contribution in [0.15, 0.2) is 6.33 Å². The number of nitrogens with one attached hydrogen (secondary N) is 2. The molecule has 0 spiro atoms. The molecule has 1 saturated heterocycles. The van der Waals surface area contributed by atoms with E-state index in [0.29, 0.717) is 5.92 Å². The summed E-state index contributed by atoms with van der Waals surface area (Å²) < 4.78 is 5.34. The molecular weight excluding hydrogens is 180 g/mol. The second-order valence-corrected chi connectivity index (χ2v) is 3.59. The predicted molar refractivity (Wildman–Crippen MR) is 51.7 cm³/mol. The van der Waals surface area contributed by atoms with Gasteiger partial charge in [0.2, 0.25) is 0 Å². The molecule has 78 valence electrons. The second-order valence-electron chi connectivity index (χ2n) is 3.59. The number of aromatic amines is 1. The Morgan fingerprint density at radius 1 is 1.57 bits per heavy atom. The van der Waals surface area contributed by atoms with Gasteiger partial charge in [-0.25, -0.2) is 4.98 Å². The quantitative estimate of drug-likeness (QED) is 0.738. The van der Waals surface area contributed by atoms with Gasteiger partial charge in [-0.05, 0) is 25.8 Å². The normalized spacial score (nSPS) is 20.9. The van der Waals surface area contributed by atoms with Crippen molar-refractivity contribution in [3.8, 4) is 0 Å². The summed E-state index contributed by atoms with van der Waals surface area (Å²) in [4.78, 5) is 4.19. The molecule has 2 heterocycles. The van der Waals surface area contributed by atoms with Crippen molar-refractivity contribution in [3.63, 3.8) is 0 Å². The van der Waals surface area contributed by atoms with E-state index in [9.17, 15) is 0 Å². The van der Waals surface area contributed by atoms with Gasteiger partial charge in [0.05, 0.1) is 6.04 Å². The number of rotatable bonds is 3. The molecule has 0 aliphatic carbocycles. The maximum Gasteiger partial charge on any atom is 0.141 e. The molecule has 2 N–H and O–H groups in total. The van der Waals surface area contributed by atoms with Crippen molar-refractivity contribution in [3.05, 3.63) is 12.2 Å². The molecule has 2 rings (SSSR count). The lowest BCUT2D eigenvalue weighted by Crippen LogP contribution is -2.30. The first-order chi connectivity index (χ1) is 6.92. The summed E-state index contributed by atoms with van der Waals surface area (Å²) in [6.45, 7) is 1.72. The van der Waals surface area contributed by atoms with Crippen LogP contribution in [0, 0.1) is 5.92 Å². The molecule has 1 aliphatic rings. The first-order valence-electron chi connectivity index (χ1n) is 5.02. The first-order valence-corrected chi connectivity index (χ1v) is 5.02. The highest BCUT2D eigenvalue weighted by Gasteiger charge is 2.25. The van der Waals surface area contributed by atoms with Gasteiger partial charge in [0.1, 0.15) is 12.2 Å². The lowest BCUT2D eigenvalue weighted by Gasteiger charge is -2.28. The predicted octanol–water partition coefficient (Wildman–Crippen LogP) is 0.492. The molecule has 0 amide bonds. The van der Waals surface area contributed by atoms with Crippen molar-refractivity contribution in [2.75, 3.05) is 20.3 Å². The molecule has 0 saturated carbocycles. The number of aromatic nitrogens is 3. The zero-order valence-electron chi connectivity index (χ0n) is 8.36. The van der Waals surface area contributed by atoms with Crippen LogP contribution in [0.25, 0.3) is 0 Å². The van der Waals surface area contributed by atoms with E-state index >= 15 is 0 Å². The first kappa shape index (κ1) is 9.61. The van der Waals surface area contributed by atoms with Crippen LogP contribution in [0.4, 0.5) is 0 Å². The number of nitrogens with zero attached hydrogens (tertiary/aromatic N) is 2. The fraction of sp³-hybridized carbons (Fsp3) is 0.778. The van der Waals surface area contributed by atoms with Crippen LogP contribution in [0.1, 0.15) is 24.7 Å². The Hall–Kier alpha value is -0.940. The summed E-state index contributed by atoms with van der Waals surface area (Å²) in [6, 6.07) is 0.279. The summed E-state index contributed by atoms with van der Waals surface area (Å²) in [5, 5.41) is 10.1. The molecule has 1 aliphatic heterocycles. The number of hydrogen-bond donors (Lipinski definition) is 2. The zero-order chi connectivity index (χ0) is 9.80. The van der Waals surface area contributed by atoms with E-state index in [0.717, 1.165) is 31.9 Å². The maximum absolute atomic E-state index is 5.34. The van der Waals surface area contributed by atoms with E-state index in [2.05, 4.69) is 20.5 Å². The number of ether oxygens (including phenoxy) is 1. The highest BCUT2D eigenvalue weighted by molar-refractivity contribution is 4.95. The van der Waals surface area contributed by atoms with Crippen LogP contribution in [0.2, 0.25) is 0 Å². The molecule has 0 radical (unpaired) electrons. The minimum Gasteiger partial charge on any atom is -0.381 e. The van der Waals surface area contributed by atoms with Gasteiger partial charge in [-0.3, -0.25) is 5.10 Å². The Kier molecular flexibility index (Phi) is 3.10. The fourth-order valence-electron chi connectivity index (χ4n) is 2.01. The topological polar surface area (TPSA) is 62.8 Å². The van der Waals surface area contributed by atoms with Gasteiger partial charge in [0.25, 0.3) is 0 Å². The van der Waals surface area contributed by atoms with E-state index in [1.807, 2.05) is 7.05 Å². The molecule has 1 aromatic rings. The maximum atomic E-state index is 5.34. The molecule has 1 fully saturated rings. The van der Waals surface area contributed by atoms with Gasteiger partial charge >= 0.3 is 0 Å². The zero-order valence-corrected chi connectivity index (χ0v) is 8.36. The molecule has 0 bridgehead atoms. The molecule has 1 atom stereocenters. The smallest absolute Gasteiger partial charge is 0.141 e. The average Bonchev–Trinajstić information content (AvgIpc) is 2.74. The van der Waals surface area contributed by atoms with Crippen LogP contribution in [-0.4, -0.2) is 35.4 Å². The van der Waals surface area contributed by atoms with Gasteiger partial charge in [-0.1, -0.05) is 0 Å². The van der Waals surface area contributed by atoms with Gasteiger partial charge in [0, 0.05) is 13.2 Å².